The lowest BCUT2D eigenvalue weighted by Gasteiger charge is -2.15. The number of rotatable bonds is 8. The molecule has 0 fully saturated rings. The first-order chi connectivity index (χ1) is 13.9. The van der Waals surface area contributed by atoms with Crippen LogP contribution in [0.2, 0.25) is 0 Å². The highest BCUT2D eigenvalue weighted by atomic mass is 32.2. The Morgan fingerprint density at radius 2 is 1.28 bits per heavy atom. The molecule has 0 aliphatic rings. The zero-order chi connectivity index (χ0) is 21.2. The van der Waals surface area contributed by atoms with E-state index in [1.54, 1.807) is 64.6 Å². The summed E-state index contributed by atoms with van der Waals surface area (Å²) < 4.78 is 0. The van der Waals surface area contributed by atoms with Gasteiger partial charge in [-0.1, -0.05) is 12.1 Å². The van der Waals surface area contributed by atoms with Crippen molar-refractivity contribution >= 4 is 35.0 Å². The zero-order valence-corrected chi connectivity index (χ0v) is 17.6. The molecule has 2 amide bonds. The lowest BCUT2D eigenvalue weighted by atomic mass is 10.2. The lowest BCUT2D eigenvalue weighted by molar-refractivity contribution is -0.120. The highest BCUT2D eigenvalue weighted by Crippen LogP contribution is 2.18. The molecule has 2 aromatic heterocycles. The van der Waals surface area contributed by atoms with Crippen LogP contribution >= 0.6 is 11.8 Å². The number of amides is 2. The average Bonchev–Trinajstić information content (AvgIpc) is 2.76. The zero-order valence-electron chi connectivity index (χ0n) is 16.8. The Morgan fingerprint density at radius 1 is 0.862 bits per heavy atom. The van der Waals surface area contributed by atoms with Crippen molar-refractivity contribution in [2.24, 2.45) is 10.2 Å². The predicted molar refractivity (Wildman–Crippen MR) is 116 cm³/mol. The van der Waals surface area contributed by atoms with Crippen LogP contribution in [0.1, 0.15) is 38.8 Å². The second-order valence-electron chi connectivity index (χ2n) is 6.25. The number of nitrogens with zero attached hydrogens (tertiary/aromatic N) is 4. The summed E-state index contributed by atoms with van der Waals surface area (Å²) in [6.45, 7) is 7.02. The first kappa shape index (κ1) is 22.2. The van der Waals surface area contributed by atoms with Crippen LogP contribution in [0.25, 0.3) is 0 Å². The van der Waals surface area contributed by atoms with Crippen LogP contribution in [-0.2, 0) is 9.59 Å². The Bertz CT molecular complexity index is 813. The number of hydrogen-bond acceptors (Lipinski definition) is 7. The molecule has 0 aliphatic carbocycles. The molecule has 0 saturated heterocycles. The lowest BCUT2D eigenvalue weighted by Crippen LogP contribution is -2.33. The van der Waals surface area contributed by atoms with Gasteiger partial charge >= 0.3 is 0 Å². The highest BCUT2D eigenvalue weighted by molar-refractivity contribution is 8.01. The van der Waals surface area contributed by atoms with Crippen LogP contribution in [0.3, 0.4) is 0 Å². The SMILES string of the molecule is CC(=NNC(=O)C(C)SC(C)C(=O)NN=C(C)c1cccnc1)c1cccnc1. The van der Waals surface area contributed by atoms with E-state index < -0.39 is 10.5 Å². The van der Waals surface area contributed by atoms with E-state index in [0.717, 1.165) is 11.1 Å². The van der Waals surface area contributed by atoms with Gasteiger partial charge in [0.25, 0.3) is 11.8 Å². The van der Waals surface area contributed by atoms with Crippen molar-refractivity contribution in [3.63, 3.8) is 0 Å². The van der Waals surface area contributed by atoms with E-state index in [0.29, 0.717) is 11.4 Å². The van der Waals surface area contributed by atoms with Gasteiger partial charge in [-0.25, -0.2) is 10.9 Å². The van der Waals surface area contributed by atoms with Crippen molar-refractivity contribution in [3.8, 4) is 0 Å². The minimum atomic E-state index is -0.468. The molecule has 2 N–H and O–H groups in total. The van der Waals surface area contributed by atoms with Gasteiger partial charge in [-0.3, -0.25) is 19.6 Å². The normalized spacial score (nSPS) is 14.1. The van der Waals surface area contributed by atoms with Gasteiger partial charge in [0, 0.05) is 35.9 Å². The Balaban J connectivity index is 1.84. The number of carbonyl (C=O) groups excluding carboxylic acids is 2. The highest BCUT2D eigenvalue weighted by Gasteiger charge is 2.21. The molecule has 152 valence electrons. The first-order valence-electron chi connectivity index (χ1n) is 9.03. The Labute approximate surface area is 174 Å². The second kappa shape index (κ2) is 11.1. The van der Waals surface area contributed by atoms with Crippen molar-refractivity contribution in [1.29, 1.82) is 0 Å². The van der Waals surface area contributed by atoms with Gasteiger partial charge in [0.05, 0.1) is 21.9 Å². The van der Waals surface area contributed by atoms with Crippen molar-refractivity contribution in [3.05, 3.63) is 60.2 Å². The van der Waals surface area contributed by atoms with Crippen LogP contribution in [0.15, 0.2) is 59.3 Å². The van der Waals surface area contributed by atoms with Crippen LogP contribution < -0.4 is 10.9 Å². The van der Waals surface area contributed by atoms with Crippen molar-refractivity contribution in [2.75, 3.05) is 0 Å². The topological polar surface area (TPSA) is 109 Å². The summed E-state index contributed by atoms with van der Waals surface area (Å²) in [6, 6.07) is 7.31. The molecule has 0 aliphatic heterocycles. The number of thioether (sulfide) groups is 1. The van der Waals surface area contributed by atoms with E-state index in [-0.39, 0.29) is 11.8 Å². The first-order valence-corrected chi connectivity index (χ1v) is 9.97. The van der Waals surface area contributed by atoms with Gasteiger partial charge in [-0.15, -0.1) is 11.8 Å². The average molecular weight is 413 g/mol. The number of nitrogens with one attached hydrogen (secondary N) is 2. The summed E-state index contributed by atoms with van der Waals surface area (Å²) in [5.74, 6) is -0.569. The van der Waals surface area contributed by atoms with Gasteiger partial charge in [0.1, 0.15) is 0 Å². The minimum absolute atomic E-state index is 0.284. The van der Waals surface area contributed by atoms with Crippen molar-refractivity contribution < 1.29 is 9.59 Å². The third kappa shape index (κ3) is 7.11. The summed E-state index contributed by atoms with van der Waals surface area (Å²) in [7, 11) is 0. The molecule has 29 heavy (non-hydrogen) atoms. The smallest absolute Gasteiger partial charge is 0.252 e. The van der Waals surface area contributed by atoms with Crippen LogP contribution in [-0.4, -0.2) is 43.7 Å². The molecule has 2 rings (SSSR count). The summed E-state index contributed by atoms with van der Waals surface area (Å²) in [4.78, 5) is 32.6. The number of hydrazone groups is 2. The van der Waals surface area contributed by atoms with Crippen molar-refractivity contribution in [1.82, 2.24) is 20.8 Å². The third-order valence-electron chi connectivity index (χ3n) is 3.97. The number of carbonyl (C=O) groups is 2. The molecule has 2 unspecified atom stereocenters. The summed E-state index contributed by atoms with van der Waals surface area (Å²) in [5.41, 5.74) is 8.00. The van der Waals surface area contributed by atoms with Gasteiger partial charge in [-0.2, -0.15) is 10.2 Å². The van der Waals surface area contributed by atoms with Crippen LogP contribution in [0.5, 0.6) is 0 Å². The molecule has 0 aromatic carbocycles. The molecule has 0 saturated carbocycles. The maximum atomic E-state index is 12.3. The molecular formula is C20H24N6O2S. The van der Waals surface area contributed by atoms with E-state index in [4.69, 9.17) is 0 Å². The van der Waals surface area contributed by atoms with Gasteiger partial charge in [0.2, 0.25) is 0 Å². The number of pyridine rings is 2. The molecular weight excluding hydrogens is 388 g/mol. The maximum absolute atomic E-state index is 12.3. The fourth-order valence-corrected chi connectivity index (χ4v) is 3.14. The molecule has 0 bridgehead atoms. The molecule has 2 atom stereocenters. The standard InChI is InChI=1S/C20H24N6O2S/c1-13(17-7-5-9-21-11-17)23-25-19(27)15(3)29-16(4)20(28)26-24-14(2)18-8-6-10-22-12-18/h5-12,15-16H,1-4H3,(H,25,27)(H,26,28). The minimum Gasteiger partial charge on any atom is -0.272 e. The van der Waals surface area contributed by atoms with Crippen LogP contribution in [0, 0.1) is 0 Å². The van der Waals surface area contributed by atoms with E-state index in [1.807, 2.05) is 12.1 Å². The molecule has 0 radical (unpaired) electrons. The second-order valence-corrected chi connectivity index (χ2v) is 7.94. The molecule has 9 heteroatoms. The number of hydrogen-bond donors (Lipinski definition) is 2. The fourth-order valence-electron chi connectivity index (χ4n) is 2.17. The van der Waals surface area contributed by atoms with Crippen molar-refractivity contribution in [2.45, 2.75) is 38.2 Å². The molecule has 2 heterocycles. The summed E-state index contributed by atoms with van der Waals surface area (Å²) in [6.07, 6.45) is 6.68. The maximum Gasteiger partial charge on any atom is 0.252 e. The van der Waals surface area contributed by atoms with E-state index in [2.05, 4.69) is 31.0 Å². The summed E-state index contributed by atoms with van der Waals surface area (Å²) >= 11 is 1.22. The van der Waals surface area contributed by atoms with E-state index >= 15 is 0 Å². The van der Waals surface area contributed by atoms with Crippen LogP contribution in [0.4, 0.5) is 0 Å². The summed E-state index contributed by atoms with van der Waals surface area (Å²) in [5, 5.41) is 7.26. The molecule has 2 aromatic rings. The van der Waals surface area contributed by atoms with Gasteiger partial charge in [-0.05, 0) is 39.8 Å². The molecule has 8 nitrogen and oxygen atoms in total. The quantitative estimate of drug-likeness (QED) is 0.511. The Morgan fingerprint density at radius 3 is 1.62 bits per heavy atom. The molecule has 0 spiro atoms. The fraction of sp³-hybridized carbons (Fsp3) is 0.300. The Hall–Kier alpha value is -3.07. The van der Waals surface area contributed by atoms with Gasteiger partial charge < -0.3 is 0 Å². The monoisotopic (exact) mass is 412 g/mol. The van der Waals surface area contributed by atoms with Gasteiger partial charge in [0.15, 0.2) is 0 Å². The van der Waals surface area contributed by atoms with E-state index in [1.165, 1.54) is 11.8 Å². The number of aromatic nitrogens is 2. The third-order valence-corrected chi connectivity index (χ3v) is 5.22. The Kier molecular flexibility index (Phi) is 8.47. The predicted octanol–water partition coefficient (Wildman–Crippen LogP) is 2.37. The largest absolute Gasteiger partial charge is 0.272 e. The van der Waals surface area contributed by atoms with E-state index in [9.17, 15) is 9.59 Å².